The minimum atomic E-state index is -0.377. The fourth-order valence-electron chi connectivity index (χ4n) is 1.76. The molecule has 0 aliphatic rings. The maximum atomic E-state index is 12.8. The van der Waals surface area contributed by atoms with E-state index in [0.717, 1.165) is 5.56 Å². The van der Waals surface area contributed by atoms with Gasteiger partial charge in [0.25, 0.3) is 5.91 Å². The van der Waals surface area contributed by atoms with Crippen LogP contribution in [-0.4, -0.2) is 13.0 Å². The maximum Gasteiger partial charge on any atom is 0.251 e. The zero-order valence-electron chi connectivity index (χ0n) is 10.8. The Kier molecular flexibility index (Phi) is 4.58. The van der Waals surface area contributed by atoms with E-state index >= 15 is 0 Å². The molecule has 0 unspecified atom stereocenters. The summed E-state index contributed by atoms with van der Waals surface area (Å²) in [6.07, 6.45) is 0. The second-order valence-corrected chi connectivity index (χ2v) is 4.58. The molecular weight excluding hydrogens is 281 g/mol. The number of ether oxygens (including phenoxy) is 1. The molecule has 104 valence electrons. The smallest absolute Gasteiger partial charge is 0.251 e. The van der Waals surface area contributed by atoms with Gasteiger partial charge >= 0.3 is 0 Å². The SMILES string of the molecule is COc1ccc(Cl)cc1CNC(=O)c1ccc(F)cc1. The summed E-state index contributed by atoms with van der Waals surface area (Å²) in [5.41, 5.74) is 1.17. The van der Waals surface area contributed by atoms with E-state index in [1.54, 1.807) is 25.3 Å². The standard InChI is InChI=1S/C15H13ClFNO2/c1-20-14-7-4-12(16)8-11(14)9-18-15(19)10-2-5-13(17)6-3-10/h2-8H,9H2,1H3,(H,18,19). The highest BCUT2D eigenvalue weighted by Gasteiger charge is 2.08. The molecule has 0 aromatic heterocycles. The highest BCUT2D eigenvalue weighted by molar-refractivity contribution is 6.30. The van der Waals surface area contributed by atoms with Gasteiger partial charge in [-0.3, -0.25) is 4.79 Å². The normalized spacial score (nSPS) is 10.2. The second-order valence-electron chi connectivity index (χ2n) is 4.15. The molecule has 20 heavy (non-hydrogen) atoms. The lowest BCUT2D eigenvalue weighted by atomic mass is 10.1. The van der Waals surface area contributed by atoms with E-state index < -0.39 is 0 Å². The molecule has 0 atom stereocenters. The van der Waals surface area contributed by atoms with E-state index in [9.17, 15) is 9.18 Å². The van der Waals surface area contributed by atoms with Gasteiger partial charge in [-0.25, -0.2) is 4.39 Å². The summed E-state index contributed by atoms with van der Waals surface area (Å²) in [4.78, 5) is 11.9. The quantitative estimate of drug-likeness (QED) is 0.938. The van der Waals surface area contributed by atoms with Gasteiger partial charge in [0, 0.05) is 22.7 Å². The average molecular weight is 294 g/mol. The van der Waals surface area contributed by atoms with Gasteiger partial charge in [-0.15, -0.1) is 0 Å². The molecule has 2 rings (SSSR count). The molecule has 0 radical (unpaired) electrons. The zero-order valence-corrected chi connectivity index (χ0v) is 11.6. The summed E-state index contributed by atoms with van der Waals surface area (Å²) < 4.78 is 18.0. The van der Waals surface area contributed by atoms with Crippen molar-refractivity contribution in [2.24, 2.45) is 0 Å². The van der Waals surface area contributed by atoms with Crippen LogP contribution >= 0.6 is 11.6 Å². The molecule has 1 amide bonds. The van der Waals surface area contributed by atoms with Crippen molar-refractivity contribution in [3.8, 4) is 5.75 Å². The largest absolute Gasteiger partial charge is 0.496 e. The van der Waals surface area contributed by atoms with Crippen LogP contribution in [0.25, 0.3) is 0 Å². The number of carbonyl (C=O) groups is 1. The minimum absolute atomic E-state index is 0.278. The Morgan fingerprint density at radius 1 is 1.25 bits per heavy atom. The van der Waals surface area contributed by atoms with Crippen LogP contribution in [0.1, 0.15) is 15.9 Å². The molecule has 0 heterocycles. The molecule has 2 aromatic carbocycles. The van der Waals surface area contributed by atoms with Crippen molar-refractivity contribution in [2.45, 2.75) is 6.54 Å². The van der Waals surface area contributed by atoms with Crippen molar-refractivity contribution in [3.05, 3.63) is 64.4 Å². The van der Waals surface area contributed by atoms with E-state index in [2.05, 4.69) is 5.32 Å². The molecule has 5 heteroatoms. The van der Waals surface area contributed by atoms with Crippen LogP contribution in [-0.2, 0) is 6.54 Å². The van der Waals surface area contributed by atoms with Crippen molar-refractivity contribution in [1.29, 1.82) is 0 Å². The molecule has 0 aliphatic carbocycles. The Morgan fingerprint density at radius 3 is 2.60 bits per heavy atom. The van der Waals surface area contributed by atoms with Crippen molar-refractivity contribution in [3.63, 3.8) is 0 Å². The van der Waals surface area contributed by atoms with Crippen molar-refractivity contribution < 1.29 is 13.9 Å². The number of methoxy groups -OCH3 is 1. The third-order valence-electron chi connectivity index (χ3n) is 2.79. The maximum absolute atomic E-state index is 12.8. The van der Waals surface area contributed by atoms with Gasteiger partial charge in [-0.05, 0) is 42.5 Å². The van der Waals surface area contributed by atoms with Gasteiger partial charge in [0.1, 0.15) is 11.6 Å². The van der Waals surface area contributed by atoms with Crippen LogP contribution in [0.2, 0.25) is 5.02 Å². The molecule has 2 aromatic rings. The van der Waals surface area contributed by atoms with Crippen LogP contribution in [0.3, 0.4) is 0 Å². The highest BCUT2D eigenvalue weighted by Crippen LogP contribution is 2.22. The molecule has 3 nitrogen and oxygen atoms in total. The van der Waals surface area contributed by atoms with Gasteiger partial charge in [-0.2, -0.15) is 0 Å². The molecule has 0 fully saturated rings. The van der Waals surface area contributed by atoms with Crippen molar-refractivity contribution >= 4 is 17.5 Å². The van der Waals surface area contributed by atoms with Gasteiger partial charge in [-0.1, -0.05) is 11.6 Å². The van der Waals surface area contributed by atoms with Crippen LogP contribution in [0.5, 0.6) is 5.75 Å². The number of halogens is 2. The Hall–Kier alpha value is -2.07. The zero-order chi connectivity index (χ0) is 14.5. The fourth-order valence-corrected chi connectivity index (χ4v) is 1.96. The van der Waals surface area contributed by atoms with Crippen LogP contribution in [0, 0.1) is 5.82 Å². The number of nitrogens with one attached hydrogen (secondary N) is 1. The third kappa shape index (κ3) is 3.48. The van der Waals surface area contributed by atoms with Crippen LogP contribution in [0.4, 0.5) is 4.39 Å². The summed E-state index contributed by atoms with van der Waals surface area (Å²) in [7, 11) is 1.55. The topological polar surface area (TPSA) is 38.3 Å². The van der Waals surface area contributed by atoms with E-state index in [1.165, 1.54) is 24.3 Å². The van der Waals surface area contributed by atoms with Crippen LogP contribution in [0.15, 0.2) is 42.5 Å². The Balaban J connectivity index is 2.06. The van der Waals surface area contributed by atoms with Gasteiger partial charge in [0.05, 0.1) is 7.11 Å². The first kappa shape index (κ1) is 14.3. The number of benzene rings is 2. The van der Waals surface area contributed by atoms with E-state index in [4.69, 9.17) is 16.3 Å². The Labute approximate surface area is 121 Å². The van der Waals surface area contributed by atoms with Crippen LogP contribution < -0.4 is 10.1 Å². The summed E-state index contributed by atoms with van der Waals surface area (Å²) >= 11 is 5.91. The monoisotopic (exact) mass is 293 g/mol. The second kappa shape index (κ2) is 6.39. The predicted octanol–water partition coefficient (Wildman–Crippen LogP) is 3.42. The van der Waals surface area contributed by atoms with Gasteiger partial charge in [0.15, 0.2) is 0 Å². The minimum Gasteiger partial charge on any atom is -0.496 e. The lowest BCUT2D eigenvalue weighted by molar-refractivity contribution is 0.0950. The molecule has 0 bridgehead atoms. The van der Waals surface area contributed by atoms with Gasteiger partial charge < -0.3 is 10.1 Å². The molecule has 0 saturated heterocycles. The Morgan fingerprint density at radius 2 is 1.95 bits per heavy atom. The van der Waals surface area contributed by atoms with Crippen molar-refractivity contribution in [2.75, 3.05) is 7.11 Å². The first-order chi connectivity index (χ1) is 9.60. The lowest BCUT2D eigenvalue weighted by Crippen LogP contribution is -2.23. The predicted molar refractivity (Wildman–Crippen MR) is 75.6 cm³/mol. The molecular formula is C15H13ClFNO2. The number of hydrogen-bond acceptors (Lipinski definition) is 2. The molecule has 0 aliphatic heterocycles. The summed E-state index contributed by atoms with van der Waals surface area (Å²) in [6, 6.07) is 10.5. The number of rotatable bonds is 4. The fraction of sp³-hybridized carbons (Fsp3) is 0.133. The molecule has 1 N–H and O–H groups in total. The molecule has 0 saturated carbocycles. The number of hydrogen-bond donors (Lipinski definition) is 1. The lowest BCUT2D eigenvalue weighted by Gasteiger charge is -2.10. The van der Waals surface area contributed by atoms with E-state index in [1.807, 2.05) is 0 Å². The summed E-state index contributed by atoms with van der Waals surface area (Å²) in [6.45, 7) is 0.278. The number of amides is 1. The number of carbonyl (C=O) groups excluding carboxylic acids is 1. The van der Waals surface area contributed by atoms with E-state index in [0.29, 0.717) is 16.3 Å². The highest BCUT2D eigenvalue weighted by atomic mass is 35.5. The van der Waals surface area contributed by atoms with Gasteiger partial charge in [0.2, 0.25) is 0 Å². The third-order valence-corrected chi connectivity index (χ3v) is 3.02. The van der Waals surface area contributed by atoms with E-state index in [-0.39, 0.29) is 18.3 Å². The average Bonchev–Trinajstić information content (AvgIpc) is 2.45. The summed E-state index contributed by atoms with van der Waals surface area (Å²) in [5.74, 6) is -0.0149. The molecule has 0 spiro atoms. The first-order valence-corrected chi connectivity index (χ1v) is 6.34. The summed E-state index contributed by atoms with van der Waals surface area (Å²) in [5, 5.41) is 3.30. The first-order valence-electron chi connectivity index (χ1n) is 5.96. The Bertz CT molecular complexity index is 614. The van der Waals surface area contributed by atoms with Crippen molar-refractivity contribution in [1.82, 2.24) is 5.32 Å².